The predicted octanol–water partition coefficient (Wildman–Crippen LogP) is 4.07. The van der Waals surface area contributed by atoms with Gasteiger partial charge in [-0.15, -0.1) is 10.2 Å². The molecule has 26 heavy (non-hydrogen) atoms. The monoisotopic (exact) mass is 407 g/mol. The van der Waals surface area contributed by atoms with Crippen LogP contribution in [-0.2, 0) is 9.84 Å². The molecule has 0 radical (unpaired) electrons. The Morgan fingerprint density at radius 2 is 1.81 bits per heavy atom. The molecule has 11 heteroatoms. The Morgan fingerprint density at radius 1 is 1.12 bits per heavy atom. The van der Waals surface area contributed by atoms with Gasteiger partial charge in [-0.3, -0.25) is 0 Å². The Morgan fingerprint density at radius 3 is 2.38 bits per heavy atom. The van der Waals surface area contributed by atoms with Gasteiger partial charge in [-0.2, -0.15) is 13.2 Å². The first-order valence-electron chi connectivity index (χ1n) is 7.92. The van der Waals surface area contributed by atoms with E-state index in [0.29, 0.717) is 17.1 Å². The van der Waals surface area contributed by atoms with Crippen LogP contribution in [0.15, 0.2) is 33.1 Å². The van der Waals surface area contributed by atoms with Crippen molar-refractivity contribution in [2.75, 3.05) is 0 Å². The number of benzene rings is 1. The fraction of sp³-hybridized carbons (Fsp3) is 0.467. The Bertz CT molecular complexity index is 964. The van der Waals surface area contributed by atoms with Crippen LogP contribution >= 0.6 is 11.8 Å². The highest BCUT2D eigenvalue weighted by molar-refractivity contribution is 8.00. The molecule has 2 fully saturated rings. The highest BCUT2D eigenvalue weighted by Gasteiger charge is 2.48. The Labute approximate surface area is 150 Å². The smallest absolute Gasteiger partial charge is 0.302 e. The summed E-state index contributed by atoms with van der Waals surface area (Å²) >= 11 is 0.770. The number of hydrogen-bond acceptors (Lipinski definition) is 5. The minimum absolute atomic E-state index is 0.186. The fourth-order valence-corrected chi connectivity index (χ4v) is 4.87. The van der Waals surface area contributed by atoms with Crippen molar-refractivity contribution >= 4 is 21.6 Å². The van der Waals surface area contributed by atoms with Gasteiger partial charge in [0.2, 0.25) is 0 Å². The van der Waals surface area contributed by atoms with Gasteiger partial charge in [0, 0.05) is 16.9 Å². The van der Waals surface area contributed by atoms with Crippen LogP contribution < -0.4 is 0 Å². The molecule has 140 valence electrons. The first-order valence-corrected chi connectivity index (χ1v) is 10.2. The van der Waals surface area contributed by atoms with Crippen molar-refractivity contribution in [3.63, 3.8) is 0 Å². The lowest BCUT2D eigenvalue weighted by molar-refractivity contribution is -0.0437. The summed E-state index contributed by atoms with van der Waals surface area (Å²) in [5.41, 5.74) is -5.51. The van der Waals surface area contributed by atoms with Crippen LogP contribution in [0.4, 0.5) is 17.6 Å². The number of sulfone groups is 1. The number of rotatable bonds is 5. The van der Waals surface area contributed by atoms with Crippen molar-refractivity contribution in [2.45, 2.75) is 58.1 Å². The number of alkyl halides is 3. The summed E-state index contributed by atoms with van der Waals surface area (Å²) < 4.78 is 77.9. The molecule has 2 aliphatic carbocycles. The van der Waals surface area contributed by atoms with E-state index in [0.717, 1.165) is 55.4 Å². The average Bonchev–Trinajstić information content (AvgIpc) is 3.47. The highest BCUT2D eigenvalue weighted by atomic mass is 32.2. The van der Waals surface area contributed by atoms with Crippen LogP contribution in [0.2, 0.25) is 0 Å². The number of aromatic nitrogens is 3. The largest absolute Gasteiger partial charge is 0.501 e. The summed E-state index contributed by atoms with van der Waals surface area (Å²) in [6.45, 7) is 0. The quantitative estimate of drug-likeness (QED) is 0.699. The highest BCUT2D eigenvalue weighted by Crippen LogP contribution is 2.47. The van der Waals surface area contributed by atoms with Crippen molar-refractivity contribution in [3.8, 4) is 0 Å². The second kappa shape index (κ2) is 5.95. The van der Waals surface area contributed by atoms with Crippen LogP contribution in [0.5, 0.6) is 0 Å². The minimum atomic E-state index is -5.68. The number of halogens is 4. The molecule has 1 aromatic carbocycles. The van der Waals surface area contributed by atoms with Crippen LogP contribution in [0.25, 0.3) is 0 Å². The molecule has 2 aromatic rings. The molecule has 0 bridgehead atoms. The lowest BCUT2D eigenvalue weighted by Gasteiger charge is -2.13. The van der Waals surface area contributed by atoms with Gasteiger partial charge >= 0.3 is 5.51 Å². The summed E-state index contributed by atoms with van der Waals surface area (Å²) in [4.78, 5) is -1.33. The van der Waals surface area contributed by atoms with Crippen LogP contribution in [0.1, 0.15) is 43.5 Å². The summed E-state index contributed by atoms with van der Waals surface area (Å²) in [7, 11) is -5.68. The second-order valence-electron chi connectivity index (χ2n) is 6.36. The standard InChI is InChI=1S/C15H13F4N3O2S2/c16-9-3-6-11(12(7-9)26(23,24)15(17,18)19)25-14-21-20-13(8-1-2-8)22(14)10-4-5-10/h3,6-8,10H,1-2,4-5H2. The molecule has 2 aliphatic rings. The second-order valence-corrected chi connectivity index (χ2v) is 9.28. The molecule has 0 spiro atoms. The van der Waals surface area contributed by atoms with Gasteiger partial charge in [0.1, 0.15) is 11.6 Å². The van der Waals surface area contributed by atoms with E-state index in [4.69, 9.17) is 0 Å². The molecule has 0 N–H and O–H groups in total. The van der Waals surface area contributed by atoms with E-state index >= 15 is 0 Å². The zero-order valence-electron chi connectivity index (χ0n) is 13.2. The maximum atomic E-state index is 13.5. The van der Waals surface area contributed by atoms with E-state index in [1.165, 1.54) is 0 Å². The van der Waals surface area contributed by atoms with Gasteiger partial charge in [-0.1, -0.05) is 0 Å². The number of nitrogens with zero attached hydrogens (tertiary/aromatic N) is 3. The van der Waals surface area contributed by atoms with Gasteiger partial charge in [-0.25, -0.2) is 12.8 Å². The first-order chi connectivity index (χ1) is 12.2. The predicted molar refractivity (Wildman–Crippen MR) is 84.0 cm³/mol. The van der Waals surface area contributed by atoms with Crippen LogP contribution in [0, 0.1) is 5.82 Å². The molecule has 0 saturated heterocycles. The van der Waals surface area contributed by atoms with E-state index < -0.39 is 26.1 Å². The van der Waals surface area contributed by atoms with E-state index in [2.05, 4.69) is 10.2 Å². The van der Waals surface area contributed by atoms with Crippen molar-refractivity contribution < 1.29 is 26.0 Å². The van der Waals surface area contributed by atoms with Gasteiger partial charge in [0.15, 0.2) is 5.16 Å². The Hall–Kier alpha value is -1.62. The molecule has 5 nitrogen and oxygen atoms in total. The van der Waals surface area contributed by atoms with Gasteiger partial charge in [-0.05, 0) is 55.6 Å². The van der Waals surface area contributed by atoms with Gasteiger partial charge in [0.25, 0.3) is 9.84 Å². The van der Waals surface area contributed by atoms with Crippen molar-refractivity contribution in [3.05, 3.63) is 29.8 Å². The third-order valence-corrected chi connectivity index (χ3v) is 6.94. The third kappa shape index (κ3) is 3.11. The van der Waals surface area contributed by atoms with Crippen molar-refractivity contribution in [1.82, 2.24) is 14.8 Å². The number of hydrogen-bond donors (Lipinski definition) is 0. The molecular formula is C15H13F4N3O2S2. The molecular weight excluding hydrogens is 394 g/mol. The fourth-order valence-electron chi connectivity index (χ4n) is 2.65. The van der Waals surface area contributed by atoms with E-state index in [9.17, 15) is 26.0 Å². The molecule has 4 rings (SSSR count). The van der Waals surface area contributed by atoms with Crippen molar-refractivity contribution in [1.29, 1.82) is 0 Å². The van der Waals surface area contributed by atoms with E-state index in [1.807, 2.05) is 4.57 Å². The molecule has 0 amide bonds. The zero-order valence-corrected chi connectivity index (χ0v) is 14.8. The van der Waals surface area contributed by atoms with E-state index in [1.54, 1.807) is 0 Å². The third-order valence-electron chi connectivity index (χ3n) is 4.25. The van der Waals surface area contributed by atoms with Crippen LogP contribution in [0.3, 0.4) is 0 Å². The molecule has 0 atom stereocenters. The molecule has 0 aliphatic heterocycles. The lowest BCUT2D eigenvalue weighted by Crippen LogP contribution is -2.24. The minimum Gasteiger partial charge on any atom is -0.302 e. The zero-order chi connectivity index (χ0) is 18.7. The lowest BCUT2D eigenvalue weighted by atomic mass is 10.3. The Balaban J connectivity index is 1.76. The summed E-state index contributed by atoms with van der Waals surface area (Å²) in [5, 5.41) is 8.52. The first kappa shape index (κ1) is 17.8. The maximum absolute atomic E-state index is 13.5. The SMILES string of the molecule is O=S(=O)(c1cc(F)ccc1Sc1nnc(C2CC2)n1C1CC1)C(F)(F)F. The summed E-state index contributed by atoms with van der Waals surface area (Å²) in [5.74, 6) is 0.0286. The van der Waals surface area contributed by atoms with Crippen molar-refractivity contribution in [2.24, 2.45) is 0 Å². The molecule has 1 aromatic heterocycles. The summed E-state index contributed by atoms with van der Waals surface area (Å²) in [6, 6.07) is 2.54. The molecule has 1 heterocycles. The topological polar surface area (TPSA) is 64.8 Å². The molecule has 0 unspecified atom stereocenters. The maximum Gasteiger partial charge on any atom is 0.501 e. The van der Waals surface area contributed by atoms with Gasteiger partial charge < -0.3 is 4.57 Å². The summed E-state index contributed by atoms with van der Waals surface area (Å²) in [6.07, 6.45) is 3.81. The molecule has 2 saturated carbocycles. The average molecular weight is 407 g/mol. The van der Waals surface area contributed by atoms with E-state index in [-0.39, 0.29) is 10.9 Å². The van der Waals surface area contributed by atoms with Gasteiger partial charge in [0.05, 0.1) is 4.90 Å². The normalized spacial score (nSPS) is 18.3. The van der Waals surface area contributed by atoms with Crippen LogP contribution in [-0.4, -0.2) is 28.7 Å². The Kier molecular flexibility index (Phi) is 4.07.